The average Bonchev–Trinajstić information content (AvgIpc) is 3.35. The monoisotopic (exact) mass is 484 g/mol. The van der Waals surface area contributed by atoms with Crippen LogP contribution >= 0.6 is 0 Å². The Bertz CT molecular complexity index is 1560. The van der Waals surface area contributed by atoms with Gasteiger partial charge in [-0.15, -0.1) is 10.2 Å². The van der Waals surface area contributed by atoms with Crippen LogP contribution < -0.4 is 9.80 Å². The molecule has 37 heavy (non-hydrogen) atoms. The summed E-state index contributed by atoms with van der Waals surface area (Å²) in [6.45, 7) is 0. The Morgan fingerprint density at radius 2 is 1.27 bits per heavy atom. The van der Waals surface area contributed by atoms with Crippen molar-refractivity contribution in [3.05, 3.63) is 97.1 Å². The normalized spacial score (nSPS) is 11.7. The molecule has 4 aromatic carbocycles. The molecule has 0 amide bonds. The zero-order valence-electron chi connectivity index (χ0n) is 21.4. The number of nitrogens with zero attached hydrogens (tertiary/aromatic N) is 6. The predicted molar refractivity (Wildman–Crippen MR) is 153 cm³/mol. The molecule has 6 rings (SSSR count). The van der Waals surface area contributed by atoms with Crippen molar-refractivity contribution in [3.8, 4) is 39.3 Å². The summed E-state index contributed by atoms with van der Waals surface area (Å²) in [6.07, 6.45) is 0. The molecule has 0 N–H and O–H groups in total. The van der Waals surface area contributed by atoms with Crippen molar-refractivity contribution in [2.24, 2.45) is 10.2 Å². The molecule has 0 spiro atoms. The number of hydrogen-bond acceptors (Lipinski definition) is 5. The summed E-state index contributed by atoms with van der Waals surface area (Å²) >= 11 is 0. The van der Waals surface area contributed by atoms with Crippen LogP contribution in [0.4, 0.5) is 22.7 Å². The van der Waals surface area contributed by atoms with E-state index in [2.05, 4.69) is 107 Å². The second kappa shape index (κ2) is 9.06. The highest BCUT2D eigenvalue weighted by Gasteiger charge is 2.24. The molecular weight excluding hydrogens is 456 g/mol. The first kappa shape index (κ1) is 22.7. The summed E-state index contributed by atoms with van der Waals surface area (Å²) in [6, 6.07) is 33.7. The molecule has 0 radical (unpaired) electrons. The molecule has 6 nitrogen and oxygen atoms in total. The van der Waals surface area contributed by atoms with Crippen LogP contribution in [0, 0.1) is 0 Å². The van der Waals surface area contributed by atoms with E-state index in [9.17, 15) is 0 Å². The number of anilines is 2. The van der Waals surface area contributed by atoms with E-state index >= 15 is 0 Å². The van der Waals surface area contributed by atoms with Gasteiger partial charge in [0.2, 0.25) is 0 Å². The van der Waals surface area contributed by atoms with Gasteiger partial charge in [0.25, 0.3) is 0 Å². The lowest BCUT2D eigenvalue weighted by atomic mass is 9.93. The summed E-state index contributed by atoms with van der Waals surface area (Å²) in [5.41, 5.74) is 11.3. The number of para-hydroxylation sites is 1. The third-order valence-electron chi connectivity index (χ3n) is 6.73. The van der Waals surface area contributed by atoms with Crippen LogP contribution in [0.3, 0.4) is 0 Å². The molecule has 0 bridgehead atoms. The highest BCUT2D eigenvalue weighted by Crippen LogP contribution is 2.52. The van der Waals surface area contributed by atoms with Crippen molar-refractivity contribution in [2.45, 2.75) is 0 Å². The number of hydrogen-bond donors (Lipinski definition) is 0. The van der Waals surface area contributed by atoms with E-state index in [0.717, 1.165) is 62.1 Å². The van der Waals surface area contributed by atoms with E-state index in [0.29, 0.717) is 0 Å². The lowest BCUT2D eigenvalue weighted by Gasteiger charge is -2.23. The molecule has 6 heteroatoms. The van der Waals surface area contributed by atoms with Gasteiger partial charge in [0.1, 0.15) is 11.4 Å². The van der Waals surface area contributed by atoms with Crippen LogP contribution in [-0.4, -0.2) is 38.0 Å². The average molecular weight is 485 g/mol. The Balaban J connectivity index is 1.57. The van der Waals surface area contributed by atoms with Crippen molar-refractivity contribution >= 4 is 22.7 Å². The highest BCUT2D eigenvalue weighted by atomic mass is 15.3. The minimum absolute atomic E-state index is 0.907. The first-order chi connectivity index (χ1) is 18.0. The summed E-state index contributed by atoms with van der Waals surface area (Å²) < 4.78 is 2.03. The van der Waals surface area contributed by atoms with Crippen LogP contribution in [0.25, 0.3) is 39.3 Å². The molecule has 1 aliphatic heterocycles. The van der Waals surface area contributed by atoms with Crippen LogP contribution in [0.5, 0.6) is 0 Å². The van der Waals surface area contributed by atoms with E-state index in [1.807, 2.05) is 43.0 Å². The molecule has 0 saturated heterocycles. The lowest BCUT2D eigenvalue weighted by molar-refractivity contribution is 0.892. The van der Waals surface area contributed by atoms with E-state index in [1.165, 1.54) is 0 Å². The van der Waals surface area contributed by atoms with Gasteiger partial charge >= 0.3 is 0 Å². The maximum absolute atomic E-state index is 5.14. The Kier molecular flexibility index (Phi) is 5.57. The first-order valence-corrected chi connectivity index (χ1v) is 12.3. The van der Waals surface area contributed by atoms with Crippen LogP contribution in [0.2, 0.25) is 0 Å². The highest BCUT2D eigenvalue weighted by molar-refractivity contribution is 5.98. The van der Waals surface area contributed by atoms with E-state index in [1.54, 1.807) is 0 Å². The third-order valence-corrected chi connectivity index (χ3v) is 6.73. The minimum Gasteiger partial charge on any atom is -0.378 e. The van der Waals surface area contributed by atoms with Gasteiger partial charge < -0.3 is 9.80 Å². The Morgan fingerprint density at radius 3 is 1.92 bits per heavy atom. The second-order valence-corrected chi connectivity index (χ2v) is 9.58. The zero-order valence-corrected chi connectivity index (χ0v) is 21.4. The van der Waals surface area contributed by atoms with E-state index < -0.39 is 0 Å². The third kappa shape index (κ3) is 3.96. The fraction of sp³-hybridized carbons (Fsp3) is 0.129. The van der Waals surface area contributed by atoms with Gasteiger partial charge in [0.05, 0.1) is 22.8 Å². The number of fused-ring (bicyclic) bond motifs is 1. The Labute approximate surface area is 217 Å². The topological polar surface area (TPSA) is 49.0 Å². The van der Waals surface area contributed by atoms with Gasteiger partial charge in [-0.25, -0.2) is 4.68 Å². The van der Waals surface area contributed by atoms with Crippen molar-refractivity contribution in [2.75, 3.05) is 38.0 Å². The molecule has 0 aliphatic carbocycles. The van der Waals surface area contributed by atoms with Crippen molar-refractivity contribution in [3.63, 3.8) is 0 Å². The quantitative estimate of drug-likeness (QED) is 0.243. The van der Waals surface area contributed by atoms with Crippen LogP contribution in [-0.2, 0) is 0 Å². The number of rotatable bonds is 6. The molecule has 1 aliphatic rings. The molecule has 0 fully saturated rings. The minimum atomic E-state index is 0.907. The predicted octanol–water partition coefficient (Wildman–Crippen LogP) is 7.73. The van der Waals surface area contributed by atoms with Crippen LogP contribution in [0.15, 0.2) is 107 Å². The van der Waals surface area contributed by atoms with Crippen molar-refractivity contribution in [1.82, 2.24) is 9.78 Å². The first-order valence-electron chi connectivity index (χ1n) is 12.3. The zero-order chi connectivity index (χ0) is 25.5. The van der Waals surface area contributed by atoms with Gasteiger partial charge in [-0.05, 0) is 48.0 Å². The Morgan fingerprint density at radius 1 is 0.595 bits per heavy atom. The summed E-state index contributed by atoms with van der Waals surface area (Å²) in [5.74, 6) is 0. The van der Waals surface area contributed by atoms with Gasteiger partial charge in [0.15, 0.2) is 0 Å². The molecule has 1 aromatic heterocycles. The van der Waals surface area contributed by atoms with Crippen molar-refractivity contribution in [1.29, 1.82) is 0 Å². The molecule has 5 aromatic rings. The largest absolute Gasteiger partial charge is 0.378 e. The van der Waals surface area contributed by atoms with Gasteiger partial charge in [-0.3, -0.25) is 0 Å². The maximum Gasteiger partial charge on any atom is 0.137 e. The fourth-order valence-corrected chi connectivity index (χ4v) is 4.75. The number of benzene rings is 4. The standard InChI is InChI=1S/C31H28N6/c1-35(2)23-15-16-24(26(19-23)25-17-18-28(36(3)4)31-30(25)32-33-31)27-20-29(21-11-7-5-8-12-21)37(34-27)22-13-9-6-10-14-22/h5-20H,1-4H3. The van der Waals surface area contributed by atoms with Gasteiger partial charge in [-0.1, -0.05) is 54.6 Å². The van der Waals surface area contributed by atoms with E-state index in [4.69, 9.17) is 5.10 Å². The molecule has 0 atom stereocenters. The smallest absolute Gasteiger partial charge is 0.137 e. The lowest BCUT2D eigenvalue weighted by Crippen LogP contribution is -2.10. The van der Waals surface area contributed by atoms with Crippen molar-refractivity contribution < 1.29 is 0 Å². The molecule has 0 unspecified atom stereocenters. The summed E-state index contributed by atoms with van der Waals surface area (Å²) in [7, 11) is 8.18. The molecule has 0 saturated carbocycles. The SMILES string of the molecule is CN(C)c1ccc(-c2cc(-c3ccccc3)n(-c3ccccc3)n2)c(-c2ccc(N(C)C)c3c2N=N3)c1. The number of azo groups is 1. The van der Waals surface area contributed by atoms with Gasteiger partial charge in [0, 0.05) is 50.6 Å². The molecule has 2 heterocycles. The second-order valence-electron chi connectivity index (χ2n) is 9.58. The van der Waals surface area contributed by atoms with Crippen LogP contribution in [0.1, 0.15) is 0 Å². The maximum atomic E-state index is 5.14. The van der Waals surface area contributed by atoms with Gasteiger partial charge in [-0.2, -0.15) is 5.10 Å². The molecule has 182 valence electrons. The molecular formula is C31H28N6. The fourth-order valence-electron chi connectivity index (χ4n) is 4.75. The number of aromatic nitrogens is 2. The summed E-state index contributed by atoms with van der Waals surface area (Å²) in [4.78, 5) is 4.19. The van der Waals surface area contributed by atoms with E-state index in [-0.39, 0.29) is 0 Å². The summed E-state index contributed by atoms with van der Waals surface area (Å²) in [5, 5.41) is 13.9. The Hall–Kier alpha value is -4.71.